The first kappa shape index (κ1) is 15.8. The van der Waals surface area contributed by atoms with Crippen molar-refractivity contribution in [3.05, 3.63) is 59.5 Å². The van der Waals surface area contributed by atoms with Gasteiger partial charge in [-0.25, -0.2) is 4.79 Å². The minimum atomic E-state index is -0.892. The molecule has 0 amide bonds. The first-order valence-corrected chi connectivity index (χ1v) is 8.04. The molecule has 5 heteroatoms. The third-order valence-electron chi connectivity index (χ3n) is 4.32. The van der Waals surface area contributed by atoms with E-state index in [4.69, 9.17) is 9.52 Å². The average Bonchev–Trinajstić information content (AvgIpc) is 3.26. The van der Waals surface area contributed by atoms with Crippen molar-refractivity contribution in [1.29, 1.82) is 0 Å². The summed E-state index contributed by atoms with van der Waals surface area (Å²) in [6.07, 6.45) is 4.21. The molecule has 1 fully saturated rings. The molecule has 2 N–H and O–H groups in total. The third-order valence-corrected chi connectivity index (χ3v) is 4.32. The molecule has 0 aliphatic carbocycles. The summed E-state index contributed by atoms with van der Waals surface area (Å²) in [5.74, 6) is 0.108. The summed E-state index contributed by atoms with van der Waals surface area (Å²) in [6.45, 7) is 3.75. The molecule has 23 heavy (non-hydrogen) atoms. The predicted octanol–water partition coefficient (Wildman–Crippen LogP) is 2.90. The Morgan fingerprint density at radius 1 is 1.22 bits per heavy atom. The lowest BCUT2D eigenvalue weighted by atomic mass is 10.1. The number of hydrogen-bond donors (Lipinski definition) is 2. The molecule has 122 valence electrons. The molecule has 1 saturated heterocycles. The summed E-state index contributed by atoms with van der Waals surface area (Å²) >= 11 is 0. The summed E-state index contributed by atoms with van der Waals surface area (Å²) in [7, 11) is 0. The lowest BCUT2D eigenvalue weighted by molar-refractivity contribution is 0.0697. The molecule has 0 saturated carbocycles. The first-order chi connectivity index (χ1) is 11.2. The van der Waals surface area contributed by atoms with E-state index >= 15 is 0 Å². The van der Waals surface area contributed by atoms with Gasteiger partial charge in [0.05, 0.1) is 17.9 Å². The van der Waals surface area contributed by atoms with Crippen LogP contribution in [0.25, 0.3) is 0 Å². The van der Waals surface area contributed by atoms with Crippen LogP contribution < -0.4 is 5.32 Å². The number of aromatic carboxylic acids is 1. The van der Waals surface area contributed by atoms with Crippen LogP contribution in [-0.4, -0.2) is 35.6 Å². The summed E-state index contributed by atoms with van der Waals surface area (Å²) in [5.41, 5.74) is 1.40. The molecule has 3 rings (SSSR count). The molecule has 0 bridgehead atoms. The molecule has 1 aromatic carbocycles. The lowest BCUT2D eigenvalue weighted by Gasteiger charge is -2.26. The van der Waals surface area contributed by atoms with Crippen LogP contribution in [0, 0.1) is 0 Å². The first-order valence-electron chi connectivity index (χ1n) is 8.04. The molecule has 1 aliphatic heterocycles. The van der Waals surface area contributed by atoms with Crippen LogP contribution in [0.3, 0.4) is 0 Å². The van der Waals surface area contributed by atoms with Gasteiger partial charge in [0.25, 0.3) is 0 Å². The van der Waals surface area contributed by atoms with E-state index in [-0.39, 0.29) is 6.04 Å². The maximum absolute atomic E-state index is 10.9. The highest BCUT2D eigenvalue weighted by Crippen LogP contribution is 2.24. The van der Waals surface area contributed by atoms with Gasteiger partial charge in [0, 0.05) is 13.1 Å². The van der Waals surface area contributed by atoms with Crippen LogP contribution in [0.1, 0.15) is 40.6 Å². The minimum absolute atomic E-state index is 0.255. The highest BCUT2D eigenvalue weighted by molar-refractivity contribution is 5.87. The van der Waals surface area contributed by atoms with Crippen LogP contribution in [0.4, 0.5) is 0 Å². The molecule has 0 radical (unpaired) electrons. The van der Waals surface area contributed by atoms with E-state index in [1.54, 1.807) is 18.4 Å². The Hall–Kier alpha value is -2.11. The van der Waals surface area contributed by atoms with E-state index in [9.17, 15) is 4.79 Å². The van der Waals surface area contributed by atoms with Gasteiger partial charge in [-0.2, -0.15) is 0 Å². The number of benzene rings is 1. The van der Waals surface area contributed by atoms with Crippen molar-refractivity contribution in [3.63, 3.8) is 0 Å². The lowest BCUT2D eigenvalue weighted by Crippen LogP contribution is -2.33. The molecule has 0 spiro atoms. The Morgan fingerprint density at radius 3 is 2.57 bits per heavy atom. The fraction of sp³-hybridized carbons (Fsp3) is 0.389. The Morgan fingerprint density at radius 2 is 1.96 bits per heavy atom. The number of carboxylic acid groups (broad SMARTS) is 1. The van der Waals surface area contributed by atoms with E-state index in [1.165, 1.54) is 12.8 Å². The number of carboxylic acids is 1. The second-order valence-electron chi connectivity index (χ2n) is 5.91. The van der Waals surface area contributed by atoms with Crippen LogP contribution in [0.15, 0.2) is 47.1 Å². The maximum Gasteiger partial charge on any atom is 0.335 e. The van der Waals surface area contributed by atoms with Crippen molar-refractivity contribution >= 4 is 5.97 Å². The van der Waals surface area contributed by atoms with Crippen molar-refractivity contribution in [2.24, 2.45) is 0 Å². The van der Waals surface area contributed by atoms with Crippen LogP contribution in [0.2, 0.25) is 0 Å². The second-order valence-corrected chi connectivity index (χ2v) is 5.91. The van der Waals surface area contributed by atoms with Gasteiger partial charge in [-0.05, 0) is 55.8 Å². The van der Waals surface area contributed by atoms with Gasteiger partial charge in [0.15, 0.2) is 0 Å². The van der Waals surface area contributed by atoms with E-state index in [1.807, 2.05) is 24.3 Å². The average molecular weight is 314 g/mol. The number of likely N-dealkylation sites (tertiary alicyclic amines) is 1. The Bertz CT molecular complexity index is 616. The van der Waals surface area contributed by atoms with Crippen LogP contribution in [0.5, 0.6) is 0 Å². The molecule has 1 unspecified atom stereocenters. The topological polar surface area (TPSA) is 65.7 Å². The summed E-state index contributed by atoms with van der Waals surface area (Å²) in [4.78, 5) is 13.3. The van der Waals surface area contributed by atoms with Gasteiger partial charge in [-0.3, -0.25) is 4.90 Å². The van der Waals surface area contributed by atoms with Crippen molar-refractivity contribution in [2.75, 3.05) is 19.6 Å². The van der Waals surface area contributed by atoms with E-state index in [2.05, 4.69) is 10.2 Å². The van der Waals surface area contributed by atoms with Gasteiger partial charge < -0.3 is 14.8 Å². The Labute approximate surface area is 135 Å². The van der Waals surface area contributed by atoms with E-state index in [0.717, 1.165) is 31.0 Å². The van der Waals surface area contributed by atoms with Gasteiger partial charge >= 0.3 is 5.97 Å². The van der Waals surface area contributed by atoms with E-state index in [0.29, 0.717) is 12.1 Å². The van der Waals surface area contributed by atoms with Crippen molar-refractivity contribution in [1.82, 2.24) is 10.2 Å². The third kappa shape index (κ3) is 4.00. The number of nitrogens with one attached hydrogen (secondary N) is 1. The maximum atomic E-state index is 10.9. The fourth-order valence-corrected chi connectivity index (χ4v) is 3.06. The van der Waals surface area contributed by atoms with Gasteiger partial charge in [-0.15, -0.1) is 0 Å². The molecule has 2 aromatic rings. The van der Waals surface area contributed by atoms with Crippen LogP contribution >= 0.6 is 0 Å². The standard InChI is InChI=1S/C18H22N2O3/c21-18(22)15-7-5-14(6-8-15)12-19-13-16(17-4-3-11-23-17)20-9-1-2-10-20/h3-8,11,16,19H,1-2,9-10,12-13H2,(H,21,22). The molecular formula is C18H22N2O3. The highest BCUT2D eigenvalue weighted by atomic mass is 16.4. The number of rotatable bonds is 7. The van der Waals surface area contributed by atoms with Gasteiger partial charge in [0.1, 0.15) is 5.76 Å². The zero-order valence-electron chi connectivity index (χ0n) is 13.1. The van der Waals surface area contributed by atoms with Crippen LogP contribution in [-0.2, 0) is 6.54 Å². The van der Waals surface area contributed by atoms with Gasteiger partial charge in [0.2, 0.25) is 0 Å². The Kier molecular flexibility index (Phi) is 5.10. The quantitative estimate of drug-likeness (QED) is 0.822. The molecule has 1 atom stereocenters. The minimum Gasteiger partial charge on any atom is -0.478 e. The van der Waals surface area contributed by atoms with Crippen molar-refractivity contribution in [3.8, 4) is 0 Å². The molecule has 2 heterocycles. The van der Waals surface area contributed by atoms with E-state index < -0.39 is 5.97 Å². The number of hydrogen-bond acceptors (Lipinski definition) is 4. The van der Waals surface area contributed by atoms with Gasteiger partial charge in [-0.1, -0.05) is 12.1 Å². The van der Waals surface area contributed by atoms with Crippen molar-refractivity contribution in [2.45, 2.75) is 25.4 Å². The largest absolute Gasteiger partial charge is 0.478 e. The summed E-state index contributed by atoms with van der Waals surface area (Å²) < 4.78 is 5.61. The second kappa shape index (κ2) is 7.44. The zero-order valence-corrected chi connectivity index (χ0v) is 13.1. The predicted molar refractivity (Wildman–Crippen MR) is 87.4 cm³/mol. The Balaban J connectivity index is 1.57. The zero-order chi connectivity index (χ0) is 16.1. The molecule has 1 aromatic heterocycles. The normalized spacial score (nSPS) is 16.5. The smallest absolute Gasteiger partial charge is 0.335 e. The van der Waals surface area contributed by atoms with Crippen molar-refractivity contribution < 1.29 is 14.3 Å². The monoisotopic (exact) mass is 314 g/mol. The highest BCUT2D eigenvalue weighted by Gasteiger charge is 2.24. The SMILES string of the molecule is O=C(O)c1ccc(CNCC(c2ccco2)N2CCCC2)cc1. The number of carbonyl (C=O) groups is 1. The fourth-order valence-electron chi connectivity index (χ4n) is 3.06. The number of furan rings is 1. The summed E-state index contributed by atoms with van der Waals surface area (Å²) in [6, 6.07) is 11.2. The molecule has 5 nitrogen and oxygen atoms in total. The summed E-state index contributed by atoms with van der Waals surface area (Å²) in [5, 5.41) is 12.4. The molecular weight excluding hydrogens is 292 g/mol. The molecule has 1 aliphatic rings. The number of nitrogens with zero attached hydrogens (tertiary/aromatic N) is 1.